The fraction of sp³-hybridized carbons (Fsp3) is 0.0667. The van der Waals surface area contributed by atoms with E-state index in [1.165, 1.54) is 87.6 Å². The second-order valence-electron chi connectivity index (χ2n) is 13.2. The summed E-state index contributed by atoms with van der Waals surface area (Å²) < 4.78 is 6.52. The average Bonchev–Trinajstić information content (AvgIpc) is 3.58. The van der Waals surface area contributed by atoms with Crippen LogP contribution in [0.3, 0.4) is 0 Å². The molecule has 0 aliphatic heterocycles. The largest absolute Gasteiger partial charge is 0.456 e. The Morgan fingerprint density at radius 1 is 0.413 bits per heavy atom. The van der Waals surface area contributed by atoms with Crippen molar-refractivity contribution in [2.24, 2.45) is 0 Å². The van der Waals surface area contributed by atoms with Gasteiger partial charge in [-0.2, -0.15) is 0 Å². The minimum absolute atomic E-state index is 0.175. The van der Waals surface area contributed by atoms with E-state index >= 15 is 0 Å². The Bertz CT molecular complexity index is 2650. The number of rotatable bonds is 2. The smallest absolute Gasteiger partial charge is 0.136 e. The van der Waals surface area contributed by atoms with Crippen molar-refractivity contribution < 1.29 is 4.42 Å². The lowest BCUT2D eigenvalue weighted by Crippen LogP contribution is -2.15. The molecule has 0 spiro atoms. The summed E-state index contributed by atoms with van der Waals surface area (Å²) in [6.07, 6.45) is 0. The SMILES string of the molecule is CC1(C)c2cc(-c3c4ccccc4c(-c4ccccc4)c4ccccc34)ccc2-c2cc3c(cc21)oc1ccc2ccccc2c13. The van der Waals surface area contributed by atoms with Gasteiger partial charge in [-0.15, -0.1) is 0 Å². The maximum Gasteiger partial charge on any atom is 0.136 e. The van der Waals surface area contributed by atoms with E-state index in [-0.39, 0.29) is 5.41 Å². The van der Waals surface area contributed by atoms with Crippen molar-refractivity contribution in [3.63, 3.8) is 0 Å². The summed E-state index contributed by atoms with van der Waals surface area (Å²) in [7, 11) is 0. The maximum absolute atomic E-state index is 6.52. The van der Waals surface area contributed by atoms with Gasteiger partial charge >= 0.3 is 0 Å². The van der Waals surface area contributed by atoms with E-state index in [1.807, 2.05) is 0 Å². The second-order valence-corrected chi connectivity index (χ2v) is 13.2. The number of fused-ring (bicyclic) bond motifs is 10. The molecule has 46 heavy (non-hydrogen) atoms. The Kier molecular flexibility index (Phi) is 5.12. The van der Waals surface area contributed by atoms with Crippen LogP contribution in [-0.4, -0.2) is 0 Å². The Balaban J connectivity index is 1.23. The number of hydrogen-bond donors (Lipinski definition) is 0. The van der Waals surface area contributed by atoms with E-state index in [4.69, 9.17) is 4.42 Å². The first-order chi connectivity index (χ1) is 22.6. The molecule has 0 atom stereocenters. The lowest BCUT2D eigenvalue weighted by Gasteiger charge is -2.23. The minimum Gasteiger partial charge on any atom is -0.456 e. The molecule has 0 N–H and O–H groups in total. The normalized spacial score (nSPS) is 13.6. The standard InChI is InChI=1S/C45H30O/c1-45(2)38-24-29(43-34-18-10-8-16-32(34)42(28-13-4-3-5-14-28)33-17-9-11-19-35(33)43)20-22-31(38)36-25-37-41(26-39(36)45)46-40-23-21-27-12-6-7-15-30(27)44(37)40/h3-26H,1-2H3. The Hall–Kier alpha value is -5.66. The van der Waals surface area contributed by atoms with Gasteiger partial charge in [0.25, 0.3) is 0 Å². The molecule has 0 amide bonds. The average molecular weight is 587 g/mol. The van der Waals surface area contributed by atoms with Gasteiger partial charge in [0.15, 0.2) is 0 Å². The molecule has 0 bridgehead atoms. The molecule has 1 heteroatoms. The van der Waals surface area contributed by atoms with Gasteiger partial charge in [-0.05, 0) is 101 Å². The molecule has 0 unspecified atom stereocenters. The van der Waals surface area contributed by atoms with Crippen molar-refractivity contribution in [1.82, 2.24) is 0 Å². The van der Waals surface area contributed by atoms with E-state index in [0.29, 0.717) is 0 Å². The van der Waals surface area contributed by atoms with Gasteiger partial charge in [0, 0.05) is 16.2 Å². The Morgan fingerprint density at radius 2 is 1.00 bits per heavy atom. The molecule has 1 aliphatic rings. The van der Waals surface area contributed by atoms with Gasteiger partial charge in [0.05, 0.1) is 0 Å². The van der Waals surface area contributed by atoms with Crippen molar-refractivity contribution in [1.29, 1.82) is 0 Å². The summed E-state index contributed by atoms with van der Waals surface area (Å²) in [6, 6.07) is 53.4. The van der Waals surface area contributed by atoms with Crippen molar-refractivity contribution >= 4 is 54.3 Å². The van der Waals surface area contributed by atoms with Gasteiger partial charge in [-0.25, -0.2) is 0 Å². The highest BCUT2D eigenvalue weighted by Gasteiger charge is 2.37. The first-order valence-electron chi connectivity index (χ1n) is 16.1. The molecular formula is C45H30O. The van der Waals surface area contributed by atoms with E-state index in [9.17, 15) is 0 Å². The molecule has 1 aromatic heterocycles. The summed E-state index contributed by atoms with van der Waals surface area (Å²) in [6.45, 7) is 4.72. The Morgan fingerprint density at radius 3 is 1.70 bits per heavy atom. The van der Waals surface area contributed by atoms with Crippen LogP contribution < -0.4 is 0 Å². The molecule has 0 fully saturated rings. The van der Waals surface area contributed by atoms with Crippen LogP contribution in [0.5, 0.6) is 0 Å². The highest BCUT2D eigenvalue weighted by atomic mass is 16.3. The van der Waals surface area contributed by atoms with E-state index in [2.05, 4.69) is 159 Å². The van der Waals surface area contributed by atoms with Gasteiger partial charge in [0.1, 0.15) is 11.2 Å². The predicted molar refractivity (Wildman–Crippen MR) is 195 cm³/mol. The summed E-state index contributed by atoms with van der Waals surface area (Å²) in [4.78, 5) is 0. The van der Waals surface area contributed by atoms with Gasteiger partial charge < -0.3 is 4.42 Å². The summed E-state index contributed by atoms with van der Waals surface area (Å²) in [5.41, 5.74) is 12.1. The third-order valence-corrected chi connectivity index (χ3v) is 10.4. The molecule has 10 rings (SSSR count). The zero-order chi connectivity index (χ0) is 30.6. The van der Waals surface area contributed by atoms with Crippen LogP contribution in [0.4, 0.5) is 0 Å². The third-order valence-electron chi connectivity index (χ3n) is 10.4. The van der Waals surface area contributed by atoms with Gasteiger partial charge in [0.2, 0.25) is 0 Å². The molecule has 1 nitrogen and oxygen atoms in total. The molecule has 0 saturated heterocycles. The van der Waals surface area contributed by atoms with Crippen LogP contribution in [0.25, 0.3) is 87.6 Å². The minimum atomic E-state index is -0.175. The first-order valence-corrected chi connectivity index (χ1v) is 16.1. The molecule has 8 aromatic carbocycles. The summed E-state index contributed by atoms with van der Waals surface area (Å²) in [5, 5.41) is 10.00. The van der Waals surface area contributed by atoms with Crippen molar-refractivity contribution in [2.75, 3.05) is 0 Å². The molecule has 1 aliphatic carbocycles. The summed E-state index contributed by atoms with van der Waals surface area (Å²) in [5.74, 6) is 0. The van der Waals surface area contributed by atoms with Crippen LogP contribution in [0.2, 0.25) is 0 Å². The van der Waals surface area contributed by atoms with Crippen LogP contribution in [0.15, 0.2) is 150 Å². The summed E-state index contributed by atoms with van der Waals surface area (Å²) >= 11 is 0. The van der Waals surface area contributed by atoms with Crippen LogP contribution in [0.1, 0.15) is 25.0 Å². The van der Waals surface area contributed by atoms with Crippen molar-refractivity contribution in [3.8, 4) is 33.4 Å². The number of furan rings is 1. The van der Waals surface area contributed by atoms with Crippen molar-refractivity contribution in [2.45, 2.75) is 19.3 Å². The van der Waals surface area contributed by atoms with Gasteiger partial charge in [-0.1, -0.05) is 135 Å². The first kappa shape index (κ1) is 25.6. The molecule has 0 radical (unpaired) electrons. The van der Waals surface area contributed by atoms with Gasteiger partial charge in [-0.3, -0.25) is 0 Å². The van der Waals surface area contributed by atoms with E-state index < -0.39 is 0 Å². The fourth-order valence-electron chi connectivity index (χ4n) is 8.28. The topological polar surface area (TPSA) is 13.1 Å². The Labute approximate surface area is 267 Å². The maximum atomic E-state index is 6.52. The third kappa shape index (κ3) is 3.40. The molecular weight excluding hydrogens is 556 g/mol. The highest BCUT2D eigenvalue weighted by molar-refractivity contribution is 6.22. The van der Waals surface area contributed by atoms with Crippen LogP contribution >= 0.6 is 0 Å². The molecule has 9 aromatic rings. The highest BCUT2D eigenvalue weighted by Crippen LogP contribution is 2.53. The molecule has 1 heterocycles. The molecule has 216 valence electrons. The zero-order valence-corrected chi connectivity index (χ0v) is 25.8. The second kappa shape index (κ2) is 9.19. The van der Waals surface area contributed by atoms with Crippen LogP contribution in [-0.2, 0) is 5.41 Å². The lowest BCUT2D eigenvalue weighted by atomic mass is 9.80. The number of hydrogen-bond acceptors (Lipinski definition) is 1. The van der Waals surface area contributed by atoms with E-state index in [1.54, 1.807) is 0 Å². The molecule has 0 saturated carbocycles. The van der Waals surface area contributed by atoms with Crippen LogP contribution in [0, 0.1) is 0 Å². The number of benzene rings is 8. The monoisotopic (exact) mass is 586 g/mol. The quantitative estimate of drug-likeness (QED) is 0.184. The lowest BCUT2D eigenvalue weighted by molar-refractivity contribution is 0.647. The van der Waals surface area contributed by atoms with E-state index in [0.717, 1.165) is 11.2 Å². The fourth-order valence-corrected chi connectivity index (χ4v) is 8.28. The predicted octanol–water partition coefficient (Wildman–Crippen LogP) is 12.7. The van der Waals surface area contributed by atoms with Crippen molar-refractivity contribution in [3.05, 3.63) is 157 Å². The zero-order valence-electron chi connectivity index (χ0n) is 25.8.